The maximum absolute atomic E-state index is 11.5. The van der Waals surface area contributed by atoms with Gasteiger partial charge in [-0.3, -0.25) is 0 Å². The van der Waals surface area contributed by atoms with Crippen LogP contribution in [-0.2, 0) is 21.6 Å². The van der Waals surface area contributed by atoms with Gasteiger partial charge in [0.15, 0.2) is 0 Å². The van der Waals surface area contributed by atoms with Crippen molar-refractivity contribution in [1.29, 1.82) is 0 Å². The van der Waals surface area contributed by atoms with Crippen molar-refractivity contribution in [1.82, 2.24) is 5.32 Å². The number of rotatable bonds is 7. The van der Waals surface area contributed by atoms with Crippen molar-refractivity contribution in [3.05, 3.63) is 75.4 Å². The molecule has 5 nitrogen and oxygen atoms in total. The molecule has 0 bridgehead atoms. The lowest BCUT2D eigenvalue weighted by Crippen LogP contribution is -2.37. The van der Waals surface area contributed by atoms with E-state index in [1.54, 1.807) is 0 Å². The molecule has 1 atom stereocenters. The van der Waals surface area contributed by atoms with Crippen LogP contribution in [0.1, 0.15) is 30.9 Å². The number of hydrogen-bond acceptors (Lipinski definition) is 4. The minimum atomic E-state index is -0.491. The van der Waals surface area contributed by atoms with E-state index in [1.165, 1.54) is 5.56 Å². The van der Waals surface area contributed by atoms with Gasteiger partial charge in [0.1, 0.15) is 12.4 Å². The first-order valence-corrected chi connectivity index (χ1v) is 12.0. The molecule has 6 heteroatoms. The zero-order valence-corrected chi connectivity index (χ0v) is 20.1. The number of halogens is 1. The van der Waals surface area contributed by atoms with Crippen LogP contribution in [-0.4, -0.2) is 25.4 Å². The average molecular weight is 543 g/mol. The fourth-order valence-electron chi connectivity index (χ4n) is 4.37. The van der Waals surface area contributed by atoms with Crippen molar-refractivity contribution in [2.24, 2.45) is 5.92 Å². The Labute approximate surface area is 201 Å². The van der Waals surface area contributed by atoms with Gasteiger partial charge in [-0.15, -0.1) is 0 Å². The number of amides is 1. The quantitative estimate of drug-likeness (QED) is 0.385. The third kappa shape index (κ3) is 4.43. The number of nitrogens with one attached hydrogen (secondary N) is 1. The van der Waals surface area contributed by atoms with E-state index < -0.39 is 5.54 Å². The number of cyclic esters (lactones) is 1. The Morgan fingerprint density at radius 2 is 1.94 bits per heavy atom. The summed E-state index contributed by atoms with van der Waals surface area (Å²) < 4.78 is 18.4. The first-order valence-electron chi connectivity index (χ1n) is 11.0. The molecule has 1 N–H and O–H groups in total. The highest BCUT2D eigenvalue weighted by molar-refractivity contribution is 14.1. The summed E-state index contributed by atoms with van der Waals surface area (Å²) in [4.78, 5) is 11.5. The second-order valence-corrected chi connectivity index (χ2v) is 10.0. The highest BCUT2D eigenvalue weighted by atomic mass is 127. The average Bonchev–Trinajstić information content (AvgIpc) is 3.13. The van der Waals surface area contributed by atoms with Crippen molar-refractivity contribution in [2.45, 2.75) is 38.0 Å². The smallest absolute Gasteiger partial charge is 0.408 e. The van der Waals surface area contributed by atoms with Crippen LogP contribution in [0.5, 0.6) is 5.75 Å². The molecule has 0 spiro atoms. The van der Waals surface area contributed by atoms with Gasteiger partial charge in [0.05, 0.1) is 28.4 Å². The minimum Gasteiger partial charge on any atom is -0.489 e. The van der Waals surface area contributed by atoms with Gasteiger partial charge in [-0.05, 0) is 82.3 Å². The number of hydrogen-bond donors (Lipinski definition) is 1. The predicted molar refractivity (Wildman–Crippen MR) is 132 cm³/mol. The zero-order chi connectivity index (χ0) is 22.1. The van der Waals surface area contributed by atoms with E-state index in [4.69, 9.17) is 14.2 Å². The molecular weight excluding hydrogens is 517 g/mol. The lowest BCUT2D eigenvalue weighted by Gasteiger charge is -2.35. The summed E-state index contributed by atoms with van der Waals surface area (Å²) in [7, 11) is 0. The van der Waals surface area contributed by atoms with Crippen LogP contribution in [0.15, 0.2) is 60.7 Å². The number of ether oxygens (including phenoxy) is 3. The highest BCUT2D eigenvalue weighted by Crippen LogP contribution is 2.37. The van der Waals surface area contributed by atoms with Gasteiger partial charge in [-0.2, -0.15) is 0 Å². The van der Waals surface area contributed by atoms with Crippen LogP contribution < -0.4 is 10.1 Å². The molecule has 3 aromatic carbocycles. The van der Waals surface area contributed by atoms with E-state index in [1.807, 2.05) is 25.1 Å². The van der Waals surface area contributed by atoms with Crippen LogP contribution in [0.4, 0.5) is 4.79 Å². The molecule has 1 aliphatic carbocycles. The summed E-state index contributed by atoms with van der Waals surface area (Å²) >= 11 is 2.37. The molecule has 3 aromatic rings. The molecule has 166 valence electrons. The largest absolute Gasteiger partial charge is 0.489 e. The molecule has 5 rings (SSSR count). The fraction of sp³-hybridized carbons (Fsp3) is 0.346. The van der Waals surface area contributed by atoms with Crippen molar-refractivity contribution >= 4 is 39.5 Å². The Morgan fingerprint density at radius 1 is 1.12 bits per heavy atom. The predicted octanol–water partition coefficient (Wildman–Crippen LogP) is 5.77. The molecule has 0 radical (unpaired) electrons. The monoisotopic (exact) mass is 543 g/mol. The number of alkyl carbamates (subject to hydrolysis) is 1. The third-order valence-corrected chi connectivity index (χ3v) is 7.49. The molecule has 0 unspecified atom stereocenters. The second-order valence-electron chi connectivity index (χ2n) is 8.92. The molecule has 1 heterocycles. The third-order valence-electron chi connectivity index (χ3n) is 6.38. The summed E-state index contributed by atoms with van der Waals surface area (Å²) in [6, 6.07) is 20.7. The summed E-state index contributed by atoms with van der Waals surface area (Å²) in [5.74, 6) is 1.50. The standard InChI is InChI=1S/C26H26INO4/c1-26(16-31-25(29)28-26)20-8-9-22-19(13-20)7-10-23(24(22)27)32-21-11-18(12-21)15-30-14-17-5-3-2-4-6-17/h2-10,13,18,21H,11-12,14-16H2,1H3,(H,28,29)/t18?,21?,26-/m0/s1. The van der Waals surface area contributed by atoms with Crippen LogP contribution in [0.3, 0.4) is 0 Å². The summed E-state index contributed by atoms with van der Waals surface area (Å²) in [5, 5.41) is 5.19. The van der Waals surface area contributed by atoms with Crippen LogP contribution in [0.25, 0.3) is 10.8 Å². The number of benzene rings is 3. The Hall–Kier alpha value is -2.32. The molecule has 1 saturated heterocycles. The number of carbonyl (C=O) groups is 1. The normalized spacial score (nSPS) is 24.6. The van der Waals surface area contributed by atoms with E-state index in [0.717, 1.165) is 45.1 Å². The highest BCUT2D eigenvalue weighted by Gasteiger charge is 2.37. The van der Waals surface area contributed by atoms with Gasteiger partial charge in [-0.1, -0.05) is 48.5 Å². The molecule has 1 saturated carbocycles. The number of carbonyl (C=O) groups excluding carboxylic acids is 1. The zero-order valence-electron chi connectivity index (χ0n) is 18.0. The Kier molecular flexibility index (Phi) is 5.99. The summed E-state index contributed by atoms with van der Waals surface area (Å²) in [6.07, 6.45) is 1.94. The van der Waals surface area contributed by atoms with E-state index >= 15 is 0 Å². The first kappa shape index (κ1) is 21.5. The molecule has 1 amide bonds. The van der Waals surface area contributed by atoms with Crippen LogP contribution in [0.2, 0.25) is 0 Å². The van der Waals surface area contributed by atoms with Gasteiger partial charge < -0.3 is 19.5 Å². The lowest BCUT2D eigenvalue weighted by atomic mass is 9.83. The molecule has 2 fully saturated rings. The first-order chi connectivity index (χ1) is 15.5. The van der Waals surface area contributed by atoms with Crippen molar-refractivity contribution in [3.8, 4) is 5.75 Å². The summed E-state index contributed by atoms with van der Waals surface area (Å²) in [6.45, 7) is 3.78. The maximum Gasteiger partial charge on any atom is 0.408 e. The Morgan fingerprint density at radius 3 is 2.69 bits per heavy atom. The van der Waals surface area contributed by atoms with Gasteiger partial charge in [0, 0.05) is 0 Å². The summed E-state index contributed by atoms with van der Waals surface area (Å²) in [5.41, 5.74) is 1.76. The van der Waals surface area contributed by atoms with E-state index in [9.17, 15) is 4.79 Å². The minimum absolute atomic E-state index is 0.246. The fourth-order valence-corrected chi connectivity index (χ4v) is 5.17. The topological polar surface area (TPSA) is 56.8 Å². The van der Waals surface area contributed by atoms with Gasteiger partial charge >= 0.3 is 6.09 Å². The van der Waals surface area contributed by atoms with Gasteiger partial charge in [0.2, 0.25) is 0 Å². The van der Waals surface area contributed by atoms with E-state index in [2.05, 4.69) is 70.4 Å². The Bertz CT molecular complexity index is 1130. The molecular formula is C26H26INO4. The number of fused-ring (bicyclic) bond motifs is 1. The second kappa shape index (κ2) is 8.90. The van der Waals surface area contributed by atoms with Crippen LogP contribution >= 0.6 is 22.6 Å². The van der Waals surface area contributed by atoms with E-state index in [-0.39, 0.29) is 12.2 Å². The molecule has 0 aromatic heterocycles. The lowest BCUT2D eigenvalue weighted by molar-refractivity contribution is -0.00276. The SMILES string of the molecule is C[C@@]1(c2ccc3c(I)c(OC4CC(COCc5ccccc5)C4)ccc3c2)COC(=O)N1. The van der Waals surface area contributed by atoms with Crippen LogP contribution in [0, 0.1) is 9.49 Å². The maximum atomic E-state index is 11.5. The molecule has 2 aliphatic rings. The van der Waals surface area contributed by atoms with Crippen molar-refractivity contribution in [3.63, 3.8) is 0 Å². The van der Waals surface area contributed by atoms with Gasteiger partial charge in [-0.25, -0.2) is 4.79 Å². The van der Waals surface area contributed by atoms with Crippen molar-refractivity contribution < 1.29 is 19.0 Å². The molecule has 1 aliphatic heterocycles. The molecule has 32 heavy (non-hydrogen) atoms. The van der Waals surface area contributed by atoms with Crippen molar-refractivity contribution in [2.75, 3.05) is 13.2 Å². The van der Waals surface area contributed by atoms with E-state index in [0.29, 0.717) is 19.1 Å². The Balaban J connectivity index is 1.18. The van der Waals surface area contributed by atoms with Gasteiger partial charge in [0.25, 0.3) is 0 Å².